The Bertz CT molecular complexity index is 862. The Morgan fingerprint density at radius 3 is 2.84 bits per heavy atom. The highest BCUT2D eigenvalue weighted by Gasteiger charge is 2.51. The number of nitrogens with zero attached hydrogens (tertiary/aromatic N) is 4. The number of aromatic nitrogens is 2. The van der Waals surface area contributed by atoms with E-state index in [1.807, 2.05) is 24.3 Å². The van der Waals surface area contributed by atoms with E-state index in [9.17, 15) is 9.59 Å². The summed E-state index contributed by atoms with van der Waals surface area (Å²) in [4.78, 5) is 35.4. The predicted octanol–water partition coefficient (Wildman–Crippen LogP) is 2.24. The van der Waals surface area contributed by atoms with E-state index in [1.54, 1.807) is 0 Å². The van der Waals surface area contributed by atoms with Gasteiger partial charge in [-0.3, -0.25) is 14.5 Å². The van der Waals surface area contributed by atoms with Crippen LogP contribution in [0.1, 0.15) is 57.2 Å². The summed E-state index contributed by atoms with van der Waals surface area (Å²) in [7, 11) is 2.03. The average molecular weight is 426 g/mol. The quantitative estimate of drug-likeness (QED) is 0.735. The van der Waals surface area contributed by atoms with Crippen molar-refractivity contribution in [2.45, 2.75) is 70.0 Å². The van der Waals surface area contributed by atoms with E-state index in [-0.39, 0.29) is 29.8 Å². The first-order valence-electron chi connectivity index (χ1n) is 12.1. The maximum atomic E-state index is 13.5. The highest BCUT2D eigenvalue weighted by Crippen LogP contribution is 2.42. The molecule has 1 N–H and O–H groups in total. The van der Waals surface area contributed by atoms with E-state index < -0.39 is 0 Å². The monoisotopic (exact) mass is 425 g/mol. The number of carbonyl (C=O) groups excluding carboxylic acids is 2. The smallest absolute Gasteiger partial charge is 0.243 e. The minimum atomic E-state index is -0.331. The van der Waals surface area contributed by atoms with Gasteiger partial charge in [0, 0.05) is 57.5 Å². The first-order valence-corrected chi connectivity index (χ1v) is 12.1. The minimum absolute atomic E-state index is 0.0500. The zero-order valence-corrected chi connectivity index (χ0v) is 18.6. The van der Waals surface area contributed by atoms with Crippen molar-refractivity contribution in [3.63, 3.8) is 0 Å². The van der Waals surface area contributed by atoms with Gasteiger partial charge in [-0.15, -0.1) is 0 Å². The van der Waals surface area contributed by atoms with Crippen LogP contribution in [0, 0.1) is 11.8 Å². The topological polar surface area (TPSA) is 70.5 Å². The first-order chi connectivity index (χ1) is 15.1. The Balaban J connectivity index is 1.34. The summed E-state index contributed by atoms with van der Waals surface area (Å²) in [5.74, 6) is 1.93. The molecule has 4 aliphatic rings. The Labute approximate surface area is 184 Å². The van der Waals surface area contributed by atoms with Crippen molar-refractivity contribution in [3.8, 4) is 0 Å². The van der Waals surface area contributed by atoms with Crippen LogP contribution in [0.15, 0.2) is 24.0 Å². The molecule has 31 heavy (non-hydrogen) atoms. The summed E-state index contributed by atoms with van der Waals surface area (Å²) in [6.07, 6.45) is 14.4. The highest BCUT2D eigenvalue weighted by atomic mass is 16.2. The van der Waals surface area contributed by atoms with Gasteiger partial charge in [-0.1, -0.05) is 11.6 Å². The third-order valence-corrected chi connectivity index (χ3v) is 7.85. The van der Waals surface area contributed by atoms with Gasteiger partial charge in [0.15, 0.2) is 0 Å². The van der Waals surface area contributed by atoms with E-state index in [1.165, 1.54) is 18.4 Å². The normalized spacial score (nSPS) is 31.2. The Morgan fingerprint density at radius 1 is 1.19 bits per heavy atom. The molecule has 1 aromatic heterocycles. The summed E-state index contributed by atoms with van der Waals surface area (Å²) in [6, 6.07) is -0.131. The zero-order chi connectivity index (χ0) is 21.4. The van der Waals surface area contributed by atoms with Crippen LogP contribution >= 0.6 is 0 Å². The van der Waals surface area contributed by atoms with Gasteiger partial charge >= 0.3 is 0 Å². The number of likely N-dealkylation sites (tertiary alicyclic amines) is 1. The molecule has 0 spiro atoms. The van der Waals surface area contributed by atoms with Gasteiger partial charge in [-0.2, -0.15) is 0 Å². The molecule has 2 bridgehead atoms. The molecule has 0 unspecified atom stereocenters. The van der Waals surface area contributed by atoms with Crippen LogP contribution in [0.3, 0.4) is 0 Å². The third-order valence-electron chi connectivity index (χ3n) is 7.85. The van der Waals surface area contributed by atoms with Crippen molar-refractivity contribution in [2.75, 3.05) is 19.6 Å². The maximum Gasteiger partial charge on any atom is 0.243 e. The molecule has 4 heterocycles. The van der Waals surface area contributed by atoms with Crippen molar-refractivity contribution in [3.05, 3.63) is 29.9 Å². The SMILES string of the molecule is Cn1ccnc1CN1C[C@H]2C[C@@H](C1)[C@H](C(=O)NCC1=CCCCC1)N1C(=O)CCC[C@@H]21. The minimum Gasteiger partial charge on any atom is -0.351 e. The number of rotatable bonds is 5. The number of hydrogen-bond donors (Lipinski definition) is 1. The molecule has 0 saturated carbocycles. The van der Waals surface area contributed by atoms with Crippen LogP contribution in [0.4, 0.5) is 0 Å². The molecule has 4 atom stereocenters. The fourth-order valence-electron chi connectivity index (χ4n) is 6.34. The number of allylic oxidation sites excluding steroid dienone is 1. The number of carbonyl (C=O) groups is 2. The summed E-state index contributed by atoms with van der Waals surface area (Å²) in [5, 5.41) is 3.21. The second-order valence-electron chi connectivity index (χ2n) is 9.94. The number of aryl methyl sites for hydroxylation is 1. The second-order valence-corrected chi connectivity index (χ2v) is 9.94. The number of nitrogens with one attached hydrogen (secondary N) is 1. The van der Waals surface area contributed by atoms with Crippen molar-refractivity contribution in [1.82, 2.24) is 24.7 Å². The standard InChI is InChI=1S/C24H35N5O2/c1-27-11-10-25-21(27)16-28-14-18-12-19(15-28)23(29-20(18)8-5-9-22(29)30)24(31)26-13-17-6-3-2-4-7-17/h6,10-11,18-20,23H,2-5,7-9,12-16H2,1H3,(H,26,31)/t18-,19+,20+,23-/m1/s1. The Hall–Kier alpha value is -2.15. The summed E-state index contributed by atoms with van der Waals surface area (Å²) < 4.78 is 2.07. The molecule has 3 fully saturated rings. The van der Waals surface area contributed by atoms with Crippen LogP contribution in [-0.2, 0) is 23.2 Å². The molecule has 168 valence electrons. The maximum absolute atomic E-state index is 13.5. The third kappa shape index (κ3) is 4.16. The second kappa shape index (κ2) is 8.77. The molecule has 5 rings (SSSR count). The van der Waals surface area contributed by atoms with Crippen molar-refractivity contribution in [1.29, 1.82) is 0 Å². The molecule has 2 amide bonds. The molecule has 7 nitrogen and oxygen atoms in total. The van der Waals surface area contributed by atoms with Crippen molar-refractivity contribution >= 4 is 11.8 Å². The number of fused-ring (bicyclic) bond motifs is 4. The average Bonchev–Trinajstić information content (AvgIpc) is 3.18. The lowest BCUT2D eigenvalue weighted by Crippen LogP contribution is -2.68. The number of amides is 2. The molecule has 0 radical (unpaired) electrons. The zero-order valence-electron chi connectivity index (χ0n) is 18.6. The van der Waals surface area contributed by atoms with Gasteiger partial charge in [0.1, 0.15) is 11.9 Å². The summed E-state index contributed by atoms with van der Waals surface area (Å²) >= 11 is 0. The molecule has 3 aliphatic heterocycles. The number of imidazole rings is 1. The number of piperidine rings is 3. The predicted molar refractivity (Wildman–Crippen MR) is 118 cm³/mol. The molecule has 3 saturated heterocycles. The molecule has 1 aromatic rings. The van der Waals surface area contributed by atoms with Crippen LogP contribution in [0.5, 0.6) is 0 Å². The van der Waals surface area contributed by atoms with E-state index in [4.69, 9.17) is 0 Å². The molecular weight excluding hydrogens is 390 g/mol. The summed E-state index contributed by atoms with van der Waals surface area (Å²) in [5.41, 5.74) is 1.34. The lowest BCUT2D eigenvalue weighted by atomic mass is 9.71. The molecule has 7 heteroatoms. The van der Waals surface area contributed by atoms with Crippen molar-refractivity contribution < 1.29 is 9.59 Å². The van der Waals surface area contributed by atoms with Gasteiger partial charge in [0.2, 0.25) is 11.8 Å². The summed E-state index contributed by atoms with van der Waals surface area (Å²) in [6.45, 7) is 3.27. The largest absolute Gasteiger partial charge is 0.351 e. The molecular formula is C24H35N5O2. The molecule has 1 aliphatic carbocycles. The van der Waals surface area contributed by atoms with E-state index in [0.29, 0.717) is 18.9 Å². The Kier molecular flexibility index (Phi) is 5.87. The van der Waals surface area contributed by atoms with Gasteiger partial charge in [-0.25, -0.2) is 4.98 Å². The van der Waals surface area contributed by atoms with E-state index >= 15 is 0 Å². The van der Waals surface area contributed by atoms with Gasteiger partial charge < -0.3 is 14.8 Å². The number of hydrogen-bond acceptors (Lipinski definition) is 4. The van der Waals surface area contributed by atoms with E-state index in [0.717, 1.165) is 57.6 Å². The Morgan fingerprint density at radius 2 is 2.06 bits per heavy atom. The van der Waals surface area contributed by atoms with Crippen LogP contribution in [0.25, 0.3) is 0 Å². The lowest BCUT2D eigenvalue weighted by Gasteiger charge is -2.55. The fourth-order valence-corrected chi connectivity index (χ4v) is 6.34. The molecule has 0 aromatic carbocycles. The van der Waals surface area contributed by atoms with Crippen LogP contribution in [0.2, 0.25) is 0 Å². The van der Waals surface area contributed by atoms with Crippen molar-refractivity contribution in [2.24, 2.45) is 18.9 Å². The van der Waals surface area contributed by atoms with Crippen LogP contribution < -0.4 is 5.32 Å². The first kappa shape index (κ1) is 20.7. The van der Waals surface area contributed by atoms with E-state index in [2.05, 4.69) is 25.8 Å². The highest BCUT2D eigenvalue weighted by molar-refractivity contribution is 5.89. The fraction of sp³-hybridized carbons (Fsp3) is 0.708. The van der Waals surface area contributed by atoms with Crippen LogP contribution in [-0.4, -0.2) is 62.9 Å². The van der Waals surface area contributed by atoms with Gasteiger partial charge in [-0.05, 0) is 50.9 Å². The van der Waals surface area contributed by atoms with Gasteiger partial charge in [0.25, 0.3) is 0 Å². The lowest BCUT2D eigenvalue weighted by molar-refractivity contribution is -0.160. The van der Waals surface area contributed by atoms with Gasteiger partial charge in [0.05, 0.1) is 6.54 Å².